The molecule has 0 fully saturated rings. The Morgan fingerprint density at radius 2 is 1.52 bits per heavy atom. The number of hydrogen-bond acceptors (Lipinski definition) is 3. The lowest BCUT2D eigenvalue weighted by atomic mass is 9.96. The molecule has 2 aromatic rings. The fourth-order valence-corrected chi connectivity index (χ4v) is 3.15. The minimum absolute atomic E-state index is 0.640. The fourth-order valence-electron chi connectivity index (χ4n) is 3.15. The number of allylic oxidation sites excluding steroid dienone is 2. The van der Waals surface area contributed by atoms with E-state index in [4.69, 9.17) is 9.47 Å². The molecule has 27 heavy (non-hydrogen) atoms. The van der Waals surface area contributed by atoms with Crippen molar-refractivity contribution in [2.24, 2.45) is 0 Å². The molecule has 0 saturated heterocycles. The number of nitrogens with zero attached hydrogens (tertiary/aromatic N) is 1. The van der Waals surface area contributed by atoms with Gasteiger partial charge in [0.1, 0.15) is 11.5 Å². The Morgan fingerprint density at radius 3 is 2.07 bits per heavy atom. The minimum atomic E-state index is 0.640. The van der Waals surface area contributed by atoms with Gasteiger partial charge in [-0.05, 0) is 68.7 Å². The summed E-state index contributed by atoms with van der Waals surface area (Å²) >= 11 is 0. The predicted octanol–water partition coefficient (Wildman–Crippen LogP) is 5.95. The number of rotatable bonds is 10. The van der Waals surface area contributed by atoms with Gasteiger partial charge in [-0.3, -0.25) is 0 Å². The van der Waals surface area contributed by atoms with Crippen molar-refractivity contribution in [2.75, 3.05) is 31.2 Å². The average molecular weight is 366 g/mol. The summed E-state index contributed by atoms with van der Waals surface area (Å²) in [6, 6.07) is 14.6. The third kappa shape index (κ3) is 5.16. The van der Waals surface area contributed by atoms with E-state index in [-0.39, 0.29) is 0 Å². The van der Waals surface area contributed by atoms with Crippen molar-refractivity contribution < 1.29 is 9.47 Å². The first-order valence-electron chi connectivity index (χ1n) is 9.76. The highest BCUT2D eigenvalue weighted by molar-refractivity contribution is 5.83. The van der Waals surface area contributed by atoms with E-state index in [2.05, 4.69) is 55.7 Å². The van der Waals surface area contributed by atoms with E-state index in [0.29, 0.717) is 13.2 Å². The lowest BCUT2D eigenvalue weighted by Crippen LogP contribution is -2.22. The van der Waals surface area contributed by atoms with Crippen LogP contribution in [-0.2, 0) is 0 Å². The molecule has 0 heterocycles. The molecule has 3 heteroatoms. The molecule has 0 aliphatic rings. The molecule has 0 radical (unpaired) electrons. The van der Waals surface area contributed by atoms with Crippen LogP contribution in [0.5, 0.6) is 11.5 Å². The van der Waals surface area contributed by atoms with Gasteiger partial charge in [-0.15, -0.1) is 0 Å². The third-order valence-corrected chi connectivity index (χ3v) is 4.44. The second kappa shape index (κ2) is 10.5. The van der Waals surface area contributed by atoms with Crippen LogP contribution in [-0.4, -0.2) is 26.3 Å². The minimum Gasteiger partial charge on any atom is -0.494 e. The zero-order valence-electron chi connectivity index (χ0n) is 17.0. The molecule has 0 unspecified atom stereocenters. The molecule has 2 rings (SSSR count). The summed E-state index contributed by atoms with van der Waals surface area (Å²) < 4.78 is 11.5. The van der Waals surface area contributed by atoms with E-state index in [1.165, 1.54) is 0 Å². The summed E-state index contributed by atoms with van der Waals surface area (Å²) in [5, 5.41) is 0. The van der Waals surface area contributed by atoms with Crippen LogP contribution in [0.3, 0.4) is 0 Å². The van der Waals surface area contributed by atoms with Crippen LogP contribution in [0.4, 0.5) is 5.69 Å². The lowest BCUT2D eigenvalue weighted by Gasteiger charge is -2.24. The summed E-state index contributed by atoms with van der Waals surface area (Å²) in [5.74, 6) is 1.80. The lowest BCUT2D eigenvalue weighted by molar-refractivity contribution is 0.340. The van der Waals surface area contributed by atoms with Crippen LogP contribution in [0, 0.1) is 0 Å². The Balaban J connectivity index is 2.46. The van der Waals surface area contributed by atoms with E-state index in [9.17, 15) is 0 Å². The molecule has 2 aromatic carbocycles. The van der Waals surface area contributed by atoms with Gasteiger partial charge in [0.25, 0.3) is 0 Å². The summed E-state index contributed by atoms with van der Waals surface area (Å²) in [6.45, 7) is 15.4. The van der Waals surface area contributed by atoms with Gasteiger partial charge < -0.3 is 14.4 Å². The standard InChI is InChI=1S/C24H31NO2/c1-6-11-22(19-12-15-21(16-13-19)26-9-4)20-14-17-23(25(7-2)8-3)24(18-20)27-10-5/h6,11-18H,1,7-10H2,2-5H3/b22-11-. The van der Waals surface area contributed by atoms with Gasteiger partial charge in [-0.25, -0.2) is 0 Å². The first-order valence-corrected chi connectivity index (χ1v) is 9.76. The van der Waals surface area contributed by atoms with E-state index in [1.807, 2.05) is 38.1 Å². The number of hydrogen-bond donors (Lipinski definition) is 0. The quantitative estimate of drug-likeness (QED) is 0.486. The zero-order valence-corrected chi connectivity index (χ0v) is 17.0. The van der Waals surface area contributed by atoms with Crippen molar-refractivity contribution >= 4 is 11.3 Å². The van der Waals surface area contributed by atoms with Crippen LogP contribution in [0.1, 0.15) is 38.8 Å². The maximum absolute atomic E-state index is 5.96. The molecule has 0 amide bonds. The van der Waals surface area contributed by atoms with Gasteiger partial charge in [-0.1, -0.05) is 36.9 Å². The Hall–Kier alpha value is -2.68. The Bertz CT molecular complexity index is 758. The van der Waals surface area contributed by atoms with Gasteiger partial charge >= 0.3 is 0 Å². The molecule has 144 valence electrons. The monoisotopic (exact) mass is 365 g/mol. The van der Waals surface area contributed by atoms with E-state index < -0.39 is 0 Å². The number of ether oxygens (including phenoxy) is 2. The predicted molar refractivity (Wildman–Crippen MR) is 116 cm³/mol. The Labute approximate surface area is 163 Å². The molecule has 0 saturated carbocycles. The molecule has 0 aromatic heterocycles. The molecule has 0 bridgehead atoms. The van der Waals surface area contributed by atoms with Crippen LogP contribution in [0.2, 0.25) is 0 Å². The van der Waals surface area contributed by atoms with Crippen molar-refractivity contribution in [3.8, 4) is 11.5 Å². The van der Waals surface area contributed by atoms with E-state index in [0.717, 1.165) is 47.0 Å². The van der Waals surface area contributed by atoms with Crippen LogP contribution in [0.25, 0.3) is 5.57 Å². The van der Waals surface area contributed by atoms with Crippen molar-refractivity contribution in [1.82, 2.24) is 0 Å². The maximum Gasteiger partial charge on any atom is 0.143 e. The van der Waals surface area contributed by atoms with Gasteiger partial charge in [0.2, 0.25) is 0 Å². The summed E-state index contributed by atoms with van der Waals surface area (Å²) in [7, 11) is 0. The number of anilines is 1. The van der Waals surface area contributed by atoms with Gasteiger partial charge in [0.15, 0.2) is 0 Å². The summed E-state index contributed by atoms with van der Waals surface area (Å²) in [4.78, 5) is 2.31. The van der Waals surface area contributed by atoms with Crippen molar-refractivity contribution in [3.05, 3.63) is 72.3 Å². The summed E-state index contributed by atoms with van der Waals surface area (Å²) in [5.41, 5.74) is 4.48. The van der Waals surface area contributed by atoms with E-state index in [1.54, 1.807) is 0 Å². The van der Waals surface area contributed by atoms with Gasteiger partial charge in [0, 0.05) is 13.1 Å². The second-order valence-electron chi connectivity index (χ2n) is 6.06. The molecular formula is C24H31NO2. The first kappa shape index (κ1) is 20.6. The van der Waals surface area contributed by atoms with Crippen molar-refractivity contribution in [1.29, 1.82) is 0 Å². The molecular weight excluding hydrogens is 334 g/mol. The largest absolute Gasteiger partial charge is 0.494 e. The zero-order chi connectivity index (χ0) is 19.6. The van der Waals surface area contributed by atoms with Gasteiger partial charge in [0.05, 0.1) is 18.9 Å². The molecule has 0 aliphatic carbocycles. The van der Waals surface area contributed by atoms with Crippen LogP contribution in [0.15, 0.2) is 61.2 Å². The number of benzene rings is 2. The average Bonchev–Trinajstić information content (AvgIpc) is 2.69. The molecule has 0 spiro atoms. The highest BCUT2D eigenvalue weighted by atomic mass is 16.5. The van der Waals surface area contributed by atoms with E-state index >= 15 is 0 Å². The fraction of sp³-hybridized carbons (Fsp3) is 0.333. The van der Waals surface area contributed by atoms with Gasteiger partial charge in [-0.2, -0.15) is 0 Å². The molecule has 0 N–H and O–H groups in total. The van der Waals surface area contributed by atoms with Crippen molar-refractivity contribution in [3.63, 3.8) is 0 Å². The molecule has 3 nitrogen and oxygen atoms in total. The van der Waals surface area contributed by atoms with Crippen molar-refractivity contribution in [2.45, 2.75) is 27.7 Å². The first-order chi connectivity index (χ1) is 13.2. The summed E-state index contributed by atoms with van der Waals surface area (Å²) in [6.07, 6.45) is 3.86. The highest BCUT2D eigenvalue weighted by Gasteiger charge is 2.13. The smallest absolute Gasteiger partial charge is 0.143 e. The second-order valence-corrected chi connectivity index (χ2v) is 6.06. The molecule has 0 aliphatic heterocycles. The normalized spacial score (nSPS) is 11.2. The highest BCUT2D eigenvalue weighted by Crippen LogP contribution is 2.34. The topological polar surface area (TPSA) is 21.7 Å². The Morgan fingerprint density at radius 1 is 0.889 bits per heavy atom. The maximum atomic E-state index is 5.96. The molecule has 0 atom stereocenters. The van der Waals surface area contributed by atoms with Crippen LogP contribution >= 0.6 is 0 Å². The SMILES string of the molecule is C=C/C=C(/c1ccc(OCC)cc1)c1ccc(N(CC)CC)c(OCC)c1. The Kier molecular flexibility index (Phi) is 8.00. The third-order valence-electron chi connectivity index (χ3n) is 4.44. The van der Waals surface area contributed by atoms with Crippen LogP contribution < -0.4 is 14.4 Å².